The lowest BCUT2D eigenvalue weighted by atomic mass is 9.97. The molecule has 0 radical (unpaired) electrons. The van der Waals surface area contributed by atoms with Crippen LogP contribution in [0.4, 0.5) is 0 Å². The molecule has 1 rings (SSSR count). The number of ether oxygens (including phenoxy) is 3. The van der Waals surface area contributed by atoms with E-state index in [0.717, 1.165) is 0 Å². The number of aliphatic hydroxyl groups excluding tert-OH is 1. The van der Waals surface area contributed by atoms with Crippen molar-refractivity contribution in [3.8, 4) is 0 Å². The molecule has 1 aliphatic heterocycles. The molecule has 0 aromatic carbocycles. The summed E-state index contributed by atoms with van der Waals surface area (Å²) in [5.74, 6) is -0.593. The molecule has 1 heterocycles. The predicted molar refractivity (Wildman–Crippen MR) is 65.4 cm³/mol. The molecule has 0 aromatic rings. The highest BCUT2D eigenvalue weighted by molar-refractivity contribution is 5.77. The molecule has 0 aliphatic carbocycles. The second kappa shape index (κ2) is 8.08. The normalized spacial score (nSPS) is 26.8. The van der Waals surface area contributed by atoms with Gasteiger partial charge >= 0.3 is 5.97 Å². The summed E-state index contributed by atoms with van der Waals surface area (Å²) in [6.45, 7) is -0.240. The van der Waals surface area contributed by atoms with Gasteiger partial charge in [0.1, 0.15) is 12.7 Å². The van der Waals surface area contributed by atoms with E-state index < -0.39 is 6.10 Å². The third-order valence-electron chi connectivity index (χ3n) is 3.04. The predicted octanol–water partition coefficient (Wildman–Crippen LogP) is -0.779. The summed E-state index contributed by atoms with van der Waals surface area (Å²) in [7, 11) is 2.76. The van der Waals surface area contributed by atoms with Crippen molar-refractivity contribution in [3.63, 3.8) is 0 Å². The molecule has 2 N–H and O–H groups in total. The summed E-state index contributed by atoms with van der Waals surface area (Å²) in [6, 6.07) is -0.262. The Morgan fingerprint density at radius 3 is 2.68 bits per heavy atom. The van der Waals surface area contributed by atoms with Crippen molar-refractivity contribution in [1.82, 2.24) is 5.32 Å². The highest BCUT2D eigenvalue weighted by Gasteiger charge is 2.32. The lowest BCUT2D eigenvalue weighted by Gasteiger charge is -2.35. The number of hydrogen-bond acceptors (Lipinski definition) is 6. The van der Waals surface area contributed by atoms with E-state index in [2.05, 4.69) is 10.1 Å². The molecule has 7 heteroatoms. The maximum atomic E-state index is 11.4. The van der Waals surface area contributed by atoms with E-state index >= 15 is 0 Å². The Balaban J connectivity index is 2.46. The lowest BCUT2D eigenvalue weighted by Crippen LogP contribution is -2.51. The first kappa shape index (κ1) is 15.9. The Kier molecular flexibility index (Phi) is 6.75. The van der Waals surface area contributed by atoms with Crippen LogP contribution in [0.1, 0.15) is 19.3 Å². The zero-order valence-electron chi connectivity index (χ0n) is 11.3. The fraction of sp³-hybridized carbons (Fsp3) is 0.833. The second-order valence-corrected chi connectivity index (χ2v) is 4.44. The van der Waals surface area contributed by atoms with Gasteiger partial charge in [0.15, 0.2) is 0 Å². The van der Waals surface area contributed by atoms with Gasteiger partial charge in [-0.05, 0) is 12.8 Å². The van der Waals surface area contributed by atoms with Gasteiger partial charge in [-0.1, -0.05) is 0 Å². The van der Waals surface area contributed by atoms with Crippen LogP contribution >= 0.6 is 0 Å². The lowest BCUT2D eigenvalue weighted by molar-refractivity contribution is -0.150. The van der Waals surface area contributed by atoms with Crippen LogP contribution in [-0.4, -0.2) is 62.7 Å². The van der Waals surface area contributed by atoms with E-state index in [4.69, 9.17) is 9.47 Å². The molecular formula is C12H21NO6. The molecule has 0 spiro atoms. The van der Waals surface area contributed by atoms with Crippen molar-refractivity contribution in [2.75, 3.05) is 27.4 Å². The molecule has 1 amide bonds. The first-order valence-corrected chi connectivity index (χ1v) is 6.22. The summed E-state index contributed by atoms with van der Waals surface area (Å²) in [6.07, 6.45) is 0.641. The highest BCUT2D eigenvalue weighted by Crippen LogP contribution is 2.22. The summed E-state index contributed by atoms with van der Waals surface area (Å²) < 4.78 is 14.9. The Labute approximate surface area is 112 Å². The van der Waals surface area contributed by atoms with Gasteiger partial charge in [-0.25, -0.2) is 0 Å². The summed E-state index contributed by atoms with van der Waals surface area (Å²) in [4.78, 5) is 22.6. The Morgan fingerprint density at radius 1 is 1.37 bits per heavy atom. The number of carbonyl (C=O) groups excluding carboxylic acids is 2. The van der Waals surface area contributed by atoms with Gasteiger partial charge in [-0.15, -0.1) is 0 Å². The number of hydrogen-bond donors (Lipinski definition) is 2. The number of rotatable bonds is 6. The van der Waals surface area contributed by atoms with Crippen molar-refractivity contribution in [2.24, 2.45) is 0 Å². The summed E-state index contributed by atoms with van der Waals surface area (Å²) in [5, 5.41) is 12.0. The molecule has 3 atom stereocenters. The minimum Gasteiger partial charge on any atom is -0.469 e. The van der Waals surface area contributed by atoms with Gasteiger partial charge in [0.25, 0.3) is 0 Å². The SMILES string of the molecule is COCC(=O)N[C@H]1CC[C@@H](CC(=O)OC)O[C@@H]1CO. The van der Waals surface area contributed by atoms with Crippen LogP contribution in [-0.2, 0) is 23.8 Å². The number of aliphatic hydroxyl groups is 1. The van der Waals surface area contributed by atoms with E-state index in [1.807, 2.05) is 0 Å². The number of carbonyl (C=O) groups is 2. The largest absolute Gasteiger partial charge is 0.469 e. The summed E-state index contributed by atoms with van der Waals surface area (Å²) in [5.41, 5.74) is 0. The molecular weight excluding hydrogens is 254 g/mol. The Hall–Kier alpha value is -1.18. The van der Waals surface area contributed by atoms with Crippen molar-refractivity contribution in [1.29, 1.82) is 0 Å². The van der Waals surface area contributed by atoms with Crippen molar-refractivity contribution in [2.45, 2.75) is 37.5 Å². The number of nitrogens with one attached hydrogen (secondary N) is 1. The molecule has 7 nitrogen and oxygen atoms in total. The first-order valence-electron chi connectivity index (χ1n) is 6.22. The van der Waals surface area contributed by atoms with Crippen LogP contribution in [0.3, 0.4) is 0 Å². The van der Waals surface area contributed by atoms with Gasteiger partial charge in [0, 0.05) is 7.11 Å². The molecule has 19 heavy (non-hydrogen) atoms. The van der Waals surface area contributed by atoms with E-state index in [-0.39, 0.29) is 43.7 Å². The molecule has 110 valence electrons. The molecule has 0 bridgehead atoms. The molecule has 0 aromatic heterocycles. The van der Waals surface area contributed by atoms with Crippen LogP contribution in [0.5, 0.6) is 0 Å². The van der Waals surface area contributed by atoms with Gasteiger partial charge in [-0.2, -0.15) is 0 Å². The average Bonchev–Trinajstić information content (AvgIpc) is 2.40. The second-order valence-electron chi connectivity index (χ2n) is 4.44. The molecule has 0 unspecified atom stereocenters. The monoisotopic (exact) mass is 275 g/mol. The average molecular weight is 275 g/mol. The van der Waals surface area contributed by atoms with Crippen LogP contribution in [0.25, 0.3) is 0 Å². The highest BCUT2D eigenvalue weighted by atomic mass is 16.5. The van der Waals surface area contributed by atoms with Gasteiger partial charge in [0.2, 0.25) is 5.91 Å². The third-order valence-corrected chi connectivity index (χ3v) is 3.04. The Morgan fingerprint density at radius 2 is 2.11 bits per heavy atom. The maximum absolute atomic E-state index is 11.4. The third kappa shape index (κ3) is 5.14. The van der Waals surface area contributed by atoms with E-state index in [9.17, 15) is 14.7 Å². The summed E-state index contributed by atoms with van der Waals surface area (Å²) >= 11 is 0. The first-order chi connectivity index (χ1) is 9.10. The van der Waals surface area contributed by atoms with E-state index in [1.54, 1.807) is 0 Å². The zero-order chi connectivity index (χ0) is 14.3. The minimum atomic E-state index is -0.510. The topological polar surface area (TPSA) is 94.1 Å². The quantitative estimate of drug-likeness (QED) is 0.618. The number of amides is 1. The molecule has 1 aliphatic rings. The van der Waals surface area contributed by atoms with Crippen molar-refractivity contribution < 1.29 is 28.9 Å². The Bertz CT molecular complexity index is 309. The van der Waals surface area contributed by atoms with Crippen molar-refractivity contribution >= 4 is 11.9 Å². The fourth-order valence-electron chi connectivity index (χ4n) is 2.10. The van der Waals surface area contributed by atoms with Crippen LogP contribution in [0, 0.1) is 0 Å². The molecule has 1 fully saturated rings. The van der Waals surface area contributed by atoms with Crippen LogP contribution < -0.4 is 5.32 Å². The van der Waals surface area contributed by atoms with Crippen LogP contribution in [0.2, 0.25) is 0 Å². The van der Waals surface area contributed by atoms with Gasteiger partial charge in [-0.3, -0.25) is 9.59 Å². The smallest absolute Gasteiger partial charge is 0.308 e. The number of methoxy groups -OCH3 is 2. The van der Waals surface area contributed by atoms with E-state index in [1.165, 1.54) is 14.2 Å². The minimum absolute atomic E-state index is 0.0275. The maximum Gasteiger partial charge on any atom is 0.308 e. The van der Waals surface area contributed by atoms with E-state index in [0.29, 0.717) is 12.8 Å². The van der Waals surface area contributed by atoms with Crippen molar-refractivity contribution in [3.05, 3.63) is 0 Å². The van der Waals surface area contributed by atoms with Crippen LogP contribution in [0.15, 0.2) is 0 Å². The fourth-order valence-corrected chi connectivity index (χ4v) is 2.10. The number of esters is 1. The molecule has 1 saturated heterocycles. The van der Waals surface area contributed by atoms with Gasteiger partial charge in [0.05, 0.1) is 32.3 Å². The zero-order valence-corrected chi connectivity index (χ0v) is 11.3. The molecule has 0 saturated carbocycles. The van der Waals surface area contributed by atoms with Gasteiger partial charge < -0.3 is 24.6 Å². The standard InChI is InChI=1S/C12H21NO6/c1-17-7-11(15)13-9-4-3-8(5-12(16)18-2)19-10(9)6-14/h8-10,14H,3-7H2,1-2H3,(H,13,15)/t8-,9-,10+/m0/s1.